The van der Waals surface area contributed by atoms with Crippen LogP contribution in [0.3, 0.4) is 0 Å². The van der Waals surface area contributed by atoms with Crippen molar-refractivity contribution in [1.29, 1.82) is 0 Å². The van der Waals surface area contributed by atoms with Crippen LogP contribution in [-0.2, 0) is 0 Å². The predicted molar refractivity (Wildman–Crippen MR) is 160 cm³/mol. The minimum absolute atomic E-state index is 0.163. The number of nitrogens with one attached hydrogen (secondary N) is 1. The molecule has 0 atom stereocenters. The van der Waals surface area contributed by atoms with Gasteiger partial charge in [-0.25, -0.2) is 14.5 Å². The van der Waals surface area contributed by atoms with E-state index in [0.717, 1.165) is 48.3 Å². The molecule has 42 heavy (non-hydrogen) atoms. The number of nitrogens with zero attached hydrogens (tertiary/aromatic N) is 6. The number of fused-ring (bicyclic) bond motifs is 1. The van der Waals surface area contributed by atoms with E-state index in [9.17, 15) is 14.4 Å². The molecule has 11 heteroatoms. The molecule has 212 valence electrons. The molecule has 0 unspecified atom stereocenters. The number of likely N-dealkylation sites (tertiary alicyclic amines) is 1. The van der Waals surface area contributed by atoms with Crippen LogP contribution in [0.4, 0.5) is 11.5 Å². The molecule has 0 saturated carbocycles. The molecule has 0 radical (unpaired) electrons. The fourth-order valence-corrected chi connectivity index (χ4v) is 5.61. The van der Waals surface area contributed by atoms with Crippen molar-refractivity contribution < 1.29 is 9.59 Å². The first-order valence-corrected chi connectivity index (χ1v) is 13.7. The summed E-state index contributed by atoms with van der Waals surface area (Å²) in [5.41, 5.74) is 10.4. The molecule has 11 nitrogen and oxygen atoms in total. The Morgan fingerprint density at radius 2 is 1.83 bits per heavy atom. The maximum Gasteiger partial charge on any atom is 0.269 e. The number of rotatable bonds is 6. The second kappa shape index (κ2) is 11.0. The molecular weight excluding hydrogens is 532 g/mol. The number of hydrogen-bond donors (Lipinski definition) is 2. The third-order valence-corrected chi connectivity index (χ3v) is 7.94. The van der Waals surface area contributed by atoms with Crippen molar-refractivity contribution in [3.63, 3.8) is 0 Å². The highest BCUT2D eigenvalue weighted by atomic mass is 16.2. The van der Waals surface area contributed by atoms with Crippen molar-refractivity contribution in [2.24, 2.45) is 0 Å². The SMILES string of the molecule is Cc1c(C=O)cc(C(=O)Nc2ccc(-c3cc(C4CCN(C)CC4)n4ncnc(N)c34)cc2)c(=O)n1-c1ccccn1. The van der Waals surface area contributed by atoms with Crippen molar-refractivity contribution >= 4 is 29.2 Å². The Morgan fingerprint density at radius 1 is 1.07 bits per heavy atom. The lowest BCUT2D eigenvalue weighted by atomic mass is 9.93. The molecule has 1 aliphatic rings. The highest BCUT2D eigenvalue weighted by molar-refractivity contribution is 6.05. The van der Waals surface area contributed by atoms with Crippen LogP contribution < -0.4 is 16.6 Å². The van der Waals surface area contributed by atoms with Gasteiger partial charge in [0.2, 0.25) is 0 Å². The van der Waals surface area contributed by atoms with Crippen LogP contribution in [-0.4, -0.2) is 61.4 Å². The third kappa shape index (κ3) is 4.83. The summed E-state index contributed by atoms with van der Waals surface area (Å²) >= 11 is 0. The van der Waals surface area contributed by atoms with E-state index in [1.807, 2.05) is 16.6 Å². The second-order valence-corrected chi connectivity index (χ2v) is 10.5. The van der Waals surface area contributed by atoms with Gasteiger partial charge in [-0.3, -0.25) is 19.0 Å². The van der Waals surface area contributed by atoms with Gasteiger partial charge in [-0.05, 0) is 81.9 Å². The maximum atomic E-state index is 13.4. The number of hydrogen-bond acceptors (Lipinski definition) is 8. The summed E-state index contributed by atoms with van der Waals surface area (Å²) in [7, 11) is 2.13. The average Bonchev–Trinajstić information content (AvgIpc) is 3.39. The molecule has 1 aromatic carbocycles. The standard InChI is InChI=1S/C31H30N8O3/c1-19-22(17-40)15-25(31(42)38(19)27-5-3-4-12-33-27)30(41)36-23-8-6-20(7-9-23)24-16-26(21-10-13-37(2)14-11-21)39-28(24)29(32)34-18-35-39/h3-9,12,15-18,21H,10-11,13-14H2,1-2H3,(H,36,41)(H2,32,34,35). The molecule has 5 aromatic rings. The monoisotopic (exact) mass is 562 g/mol. The molecular formula is C31H30N8O3. The molecule has 3 N–H and O–H groups in total. The summed E-state index contributed by atoms with van der Waals surface area (Å²) in [6, 6.07) is 15.8. The first kappa shape index (κ1) is 27.0. The van der Waals surface area contributed by atoms with Crippen LogP contribution in [0.2, 0.25) is 0 Å². The van der Waals surface area contributed by atoms with E-state index in [1.54, 1.807) is 43.5 Å². The number of carbonyl (C=O) groups is 2. The van der Waals surface area contributed by atoms with E-state index in [4.69, 9.17) is 5.73 Å². The van der Waals surface area contributed by atoms with E-state index >= 15 is 0 Å². The number of benzene rings is 1. The van der Waals surface area contributed by atoms with Crippen LogP contribution in [0.15, 0.2) is 71.9 Å². The van der Waals surface area contributed by atoms with Gasteiger partial charge >= 0.3 is 0 Å². The Hall–Kier alpha value is -5.16. The molecule has 1 saturated heterocycles. The van der Waals surface area contributed by atoms with Crippen LogP contribution in [0.1, 0.15) is 50.9 Å². The van der Waals surface area contributed by atoms with E-state index in [2.05, 4.69) is 38.4 Å². The minimum Gasteiger partial charge on any atom is -0.382 e. The van der Waals surface area contributed by atoms with Crippen LogP contribution >= 0.6 is 0 Å². The Labute approximate surface area is 241 Å². The fourth-order valence-electron chi connectivity index (χ4n) is 5.61. The van der Waals surface area contributed by atoms with Crippen LogP contribution in [0, 0.1) is 6.92 Å². The predicted octanol–water partition coefficient (Wildman–Crippen LogP) is 3.71. The third-order valence-electron chi connectivity index (χ3n) is 7.94. The van der Waals surface area contributed by atoms with E-state index < -0.39 is 11.5 Å². The number of anilines is 2. The van der Waals surface area contributed by atoms with Gasteiger partial charge < -0.3 is 16.0 Å². The number of aldehydes is 1. The zero-order valence-corrected chi connectivity index (χ0v) is 23.3. The lowest BCUT2D eigenvalue weighted by molar-refractivity contribution is 0.102. The fraction of sp³-hybridized carbons (Fsp3) is 0.226. The largest absolute Gasteiger partial charge is 0.382 e. The van der Waals surface area contributed by atoms with Gasteiger partial charge in [0.25, 0.3) is 11.5 Å². The van der Waals surface area contributed by atoms with Crippen LogP contribution in [0.25, 0.3) is 22.5 Å². The van der Waals surface area contributed by atoms with Gasteiger partial charge in [-0.2, -0.15) is 5.10 Å². The summed E-state index contributed by atoms with van der Waals surface area (Å²) < 4.78 is 3.17. The first-order chi connectivity index (χ1) is 20.4. The lowest BCUT2D eigenvalue weighted by Crippen LogP contribution is -2.31. The zero-order chi connectivity index (χ0) is 29.4. The van der Waals surface area contributed by atoms with E-state index in [0.29, 0.717) is 35.2 Å². The van der Waals surface area contributed by atoms with Gasteiger partial charge in [0.1, 0.15) is 23.2 Å². The quantitative estimate of drug-likeness (QED) is 0.299. The maximum absolute atomic E-state index is 13.4. The van der Waals surface area contributed by atoms with Crippen molar-refractivity contribution in [2.75, 3.05) is 31.2 Å². The Balaban J connectivity index is 1.31. The van der Waals surface area contributed by atoms with Gasteiger partial charge in [-0.1, -0.05) is 18.2 Å². The smallest absolute Gasteiger partial charge is 0.269 e. The molecule has 1 aliphatic heterocycles. The second-order valence-electron chi connectivity index (χ2n) is 10.5. The summed E-state index contributed by atoms with van der Waals surface area (Å²) in [6.45, 7) is 3.68. The van der Waals surface area contributed by atoms with E-state index in [1.165, 1.54) is 17.0 Å². The van der Waals surface area contributed by atoms with Crippen molar-refractivity contribution in [1.82, 2.24) is 29.0 Å². The Morgan fingerprint density at radius 3 is 2.52 bits per heavy atom. The number of aromatic nitrogens is 5. The Bertz CT molecular complexity index is 1850. The van der Waals surface area contributed by atoms with Gasteiger partial charge in [0.05, 0.1) is 0 Å². The minimum atomic E-state index is -0.628. The van der Waals surface area contributed by atoms with Gasteiger partial charge in [0, 0.05) is 40.3 Å². The summed E-state index contributed by atoms with van der Waals surface area (Å²) in [6.07, 6.45) is 5.71. The molecule has 0 bridgehead atoms. The zero-order valence-electron chi connectivity index (χ0n) is 23.3. The normalized spacial score (nSPS) is 14.2. The molecule has 0 spiro atoms. The molecule has 6 rings (SSSR count). The van der Waals surface area contributed by atoms with E-state index in [-0.39, 0.29) is 11.1 Å². The molecule has 5 heterocycles. The Kier molecular flexibility index (Phi) is 7.09. The number of piperidine rings is 1. The van der Waals surface area contributed by atoms with Crippen molar-refractivity contribution in [3.8, 4) is 16.9 Å². The molecule has 1 fully saturated rings. The summed E-state index contributed by atoms with van der Waals surface area (Å²) in [5, 5.41) is 7.31. The van der Waals surface area contributed by atoms with Gasteiger partial charge in [0.15, 0.2) is 12.1 Å². The average molecular weight is 563 g/mol. The highest BCUT2D eigenvalue weighted by Gasteiger charge is 2.25. The lowest BCUT2D eigenvalue weighted by Gasteiger charge is -2.28. The van der Waals surface area contributed by atoms with Crippen molar-refractivity contribution in [2.45, 2.75) is 25.7 Å². The summed E-state index contributed by atoms with van der Waals surface area (Å²) in [5.74, 6) is 0.448. The van der Waals surface area contributed by atoms with Crippen LogP contribution in [0.5, 0.6) is 0 Å². The van der Waals surface area contributed by atoms with Gasteiger partial charge in [-0.15, -0.1) is 0 Å². The number of nitrogen functional groups attached to an aromatic ring is 1. The summed E-state index contributed by atoms with van der Waals surface area (Å²) in [4.78, 5) is 49.2. The molecule has 1 amide bonds. The highest BCUT2D eigenvalue weighted by Crippen LogP contribution is 2.36. The molecule has 0 aliphatic carbocycles. The number of nitrogens with two attached hydrogens (primary N) is 1. The number of pyridine rings is 2. The van der Waals surface area contributed by atoms with Crippen molar-refractivity contribution in [3.05, 3.63) is 100.0 Å². The number of carbonyl (C=O) groups excluding carboxylic acids is 2. The number of amides is 1. The molecule has 4 aromatic heterocycles. The topological polar surface area (TPSA) is 141 Å². The first-order valence-electron chi connectivity index (χ1n) is 13.7.